The maximum atomic E-state index is 12.7. The van der Waals surface area contributed by atoms with Gasteiger partial charge in [0.05, 0.1) is 11.1 Å². The summed E-state index contributed by atoms with van der Waals surface area (Å²) in [6.45, 7) is 2.77. The molecule has 1 amide bonds. The number of ether oxygens (including phenoxy) is 1. The lowest BCUT2D eigenvalue weighted by atomic mass is 9.80. The summed E-state index contributed by atoms with van der Waals surface area (Å²) in [6.07, 6.45) is 2.51. The number of hydrogen-bond donors (Lipinski definition) is 2. The number of benzene rings is 1. The van der Waals surface area contributed by atoms with Crippen molar-refractivity contribution in [2.75, 3.05) is 19.8 Å². The lowest BCUT2D eigenvalue weighted by Crippen LogP contribution is -2.46. The zero-order chi connectivity index (χ0) is 18.6. The maximum absolute atomic E-state index is 12.7. The van der Waals surface area contributed by atoms with Crippen LogP contribution >= 0.6 is 0 Å². The first kappa shape index (κ1) is 18.1. The molecular weight excluding hydrogens is 332 g/mol. The second-order valence-corrected chi connectivity index (χ2v) is 6.57. The van der Waals surface area contributed by atoms with Crippen LogP contribution in [0.5, 0.6) is 0 Å². The summed E-state index contributed by atoms with van der Waals surface area (Å²) in [7, 11) is 0. The Hall–Kier alpha value is -2.73. The van der Waals surface area contributed by atoms with Crippen LogP contribution in [0.25, 0.3) is 11.3 Å². The lowest BCUT2D eigenvalue weighted by Gasteiger charge is -2.33. The first-order valence-electron chi connectivity index (χ1n) is 8.64. The monoisotopic (exact) mass is 354 g/mol. The van der Waals surface area contributed by atoms with Gasteiger partial charge in [-0.15, -0.1) is 0 Å². The van der Waals surface area contributed by atoms with Crippen molar-refractivity contribution < 1.29 is 19.4 Å². The van der Waals surface area contributed by atoms with Crippen molar-refractivity contribution in [1.29, 1.82) is 0 Å². The predicted molar refractivity (Wildman–Crippen MR) is 96.9 cm³/mol. The highest BCUT2D eigenvalue weighted by Crippen LogP contribution is 2.30. The van der Waals surface area contributed by atoms with Gasteiger partial charge < -0.3 is 15.2 Å². The van der Waals surface area contributed by atoms with Crippen molar-refractivity contribution in [2.24, 2.45) is 5.41 Å². The fraction of sp³-hybridized carbons (Fsp3) is 0.350. The van der Waals surface area contributed by atoms with Gasteiger partial charge in [-0.05, 0) is 43.5 Å². The van der Waals surface area contributed by atoms with E-state index >= 15 is 0 Å². The normalized spacial score (nSPS) is 16.0. The van der Waals surface area contributed by atoms with Crippen molar-refractivity contribution in [3.05, 3.63) is 53.7 Å². The van der Waals surface area contributed by atoms with E-state index < -0.39 is 11.4 Å². The third-order valence-corrected chi connectivity index (χ3v) is 5.01. The molecule has 0 spiro atoms. The van der Waals surface area contributed by atoms with E-state index in [1.807, 2.05) is 37.3 Å². The van der Waals surface area contributed by atoms with E-state index in [0.29, 0.717) is 31.6 Å². The number of pyridine rings is 1. The largest absolute Gasteiger partial charge is 0.481 e. The van der Waals surface area contributed by atoms with E-state index in [0.717, 1.165) is 16.8 Å². The van der Waals surface area contributed by atoms with Gasteiger partial charge in [-0.25, -0.2) is 0 Å². The highest BCUT2D eigenvalue weighted by Gasteiger charge is 2.40. The van der Waals surface area contributed by atoms with Gasteiger partial charge in [0.2, 0.25) is 0 Å². The Morgan fingerprint density at radius 1 is 1.19 bits per heavy atom. The van der Waals surface area contributed by atoms with E-state index in [4.69, 9.17) is 4.74 Å². The summed E-state index contributed by atoms with van der Waals surface area (Å²) >= 11 is 0. The summed E-state index contributed by atoms with van der Waals surface area (Å²) < 4.78 is 5.27. The third-order valence-electron chi connectivity index (χ3n) is 5.01. The minimum absolute atomic E-state index is 0.0950. The van der Waals surface area contributed by atoms with Crippen molar-refractivity contribution in [3.63, 3.8) is 0 Å². The number of carbonyl (C=O) groups excluding carboxylic acids is 1. The Morgan fingerprint density at radius 3 is 2.62 bits per heavy atom. The Morgan fingerprint density at radius 2 is 1.96 bits per heavy atom. The standard InChI is InChI=1S/C20H22N2O4/c1-14-15(17-7-2-3-10-21-17)5-4-6-16(14)18(23)22-13-20(19(24)25)8-11-26-12-9-20/h2-7,10H,8-9,11-13H2,1H3,(H,22,23)(H,24,25). The number of nitrogens with zero attached hydrogens (tertiary/aromatic N) is 1. The summed E-state index contributed by atoms with van der Waals surface area (Å²) in [5, 5.41) is 12.4. The van der Waals surface area contributed by atoms with Gasteiger partial charge in [0.15, 0.2) is 0 Å². The van der Waals surface area contributed by atoms with E-state index in [9.17, 15) is 14.7 Å². The zero-order valence-corrected chi connectivity index (χ0v) is 14.7. The molecule has 1 fully saturated rings. The quantitative estimate of drug-likeness (QED) is 0.862. The van der Waals surface area contributed by atoms with Crippen LogP contribution in [0.4, 0.5) is 0 Å². The minimum atomic E-state index is -0.958. The molecule has 2 N–H and O–H groups in total. The third kappa shape index (κ3) is 3.60. The molecule has 6 nitrogen and oxygen atoms in total. The van der Waals surface area contributed by atoms with Crippen LogP contribution in [0, 0.1) is 12.3 Å². The molecule has 26 heavy (non-hydrogen) atoms. The van der Waals surface area contributed by atoms with E-state index in [1.54, 1.807) is 12.3 Å². The Bertz CT molecular complexity index is 799. The molecule has 0 unspecified atom stereocenters. The molecule has 0 aliphatic carbocycles. The lowest BCUT2D eigenvalue weighted by molar-refractivity contribution is -0.154. The summed E-state index contributed by atoms with van der Waals surface area (Å²) in [6, 6.07) is 11.1. The van der Waals surface area contributed by atoms with Gasteiger partial charge in [0, 0.05) is 37.1 Å². The number of carboxylic acids is 1. The summed E-state index contributed by atoms with van der Waals surface area (Å²) in [5.74, 6) is -1.16. The molecule has 2 aromatic rings. The van der Waals surface area contributed by atoms with Crippen LogP contribution in [0.15, 0.2) is 42.6 Å². The SMILES string of the molecule is Cc1c(C(=O)NCC2(C(=O)O)CCOCC2)cccc1-c1ccccn1. The highest BCUT2D eigenvalue weighted by atomic mass is 16.5. The number of aliphatic carboxylic acids is 1. The average molecular weight is 354 g/mol. The number of amides is 1. The van der Waals surface area contributed by atoms with Crippen molar-refractivity contribution >= 4 is 11.9 Å². The second kappa shape index (κ2) is 7.66. The number of rotatable bonds is 5. The predicted octanol–water partition coefficient (Wildman–Crippen LogP) is 2.67. The topological polar surface area (TPSA) is 88.5 Å². The van der Waals surface area contributed by atoms with E-state index in [1.165, 1.54) is 0 Å². The molecule has 0 saturated carbocycles. The second-order valence-electron chi connectivity index (χ2n) is 6.57. The van der Waals surface area contributed by atoms with Crippen molar-refractivity contribution in [3.8, 4) is 11.3 Å². The molecule has 1 aromatic carbocycles. The summed E-state index contributed by atoms with van der Waals surface area (Å²) in [5.41, 5.74) is 2.07. The zero-order valence-electron chi connectivity index (χ0n) is 14.7. The molecule has 1 aliphatic heterocycles. The van der Waals surface area contributed by atoms with Gasteiger partial charge in [-0.3, -0.25) is 14.6 Å². The molecule has 0 radical (unpaired) electrons. The first-order valence-corrected chi connectivity index (χ1v) is 8.64. The smallest absolute Gasteiger partial charge is 0.311 e. The van der Waals surface area contributed by atoms with Crippen LogP contribution in [-0.2, 0) is 9.53 Å². The molecule has 1 saturated heterocycles. The van der Waals surface area contributed by atoms with E-state index in [-0.39, 0.29) is 12.5 Å². The van der Waals surface area contributed by atoms with Gasteiger partial charge in [0.1, 0.15) is 0 Å². The minimum Gasteiger partial charge on any atom is -0.481 e. The molecule has 0 bridgehead atoms. The Balaban J connectivity index is 1.79. The molecule has 3 rings (SSSR count). The molecule has 0 atom stereocenters. The number of carboxylic acid groups (broad SMARTS) is 1. The molecule has 6 heteroatoms. The Labute approximate surface area is 152 Å². The molecule has 1 aromatic heterocycles. The highest BCUT2D eigenvalue weighted by molar-refractivity contribution is 5.97. The van der Waals surface area contributed by atoms with Gasteiger partial charge in [-0.1, -0.05) is 18.2 Å². The van der Waals surface area contributed by atoms with Crippen LogP contribution < -0.4 is 5.32 Å². The fourth-order valence-corrected chi connectivity index (χ4v) is 3.25. The maximum Gasteiger partial charge on any atom is 0.311 e. The van der Waals surface area contributed by atoms with Crippen LogP contribution in [0.2, 0.25) is 0 Å². The fourth-order valence-electron chi connectivity index (χ4n) is 3.25. The number of nitrogens with one attached hydrogen (secondary N) is 1. The molecule has 1 aliphatic rings. The number of aromatic nitrogens is 1. The average Bonchev–Trinajstić information content (AvgIpc) is 2.67. The van der Waals surface area contributed by atoms with Crippen molar-refractivity contribution in [2.45, 2.75) is 19.8 Å². The molecular formula is C20H22N2O4. The van der Waals surface area contributed by atoms with E-state index in [2.05, 4.69) is 10.3 Å². The number of hydrogen-bond acceptors (Lipinski definition) is 4. The van der Waals surface area contributed by atoms with Gasteiger partial charge >= 0.3 is 5.97 Å². The van der Waals surface area contributed by atoms with Gasteiger partial charge in [0.25, 0.3) is 5.91 Å². The van der Waals surface area contributed by atoms with Crippen LogP contribution in [0.3, 0.4) is 0 Å². The number of carbonyl (C=O) groups is 2. The Kier molecular flexibility index (Phi) is 5.32. The summed E-state index contributed by atoms with van der Waals surface area (Å²) in [4.78, 5) is 28.8. The van der Waals surface area contributed by atoms with Gasteiger partial charge in [-0.2, -0.15) is 0 Å². The van der Waals surface area contributed by atoms with Crippen molar-refractivity contribution in [1.82, 2.24) is 10.3 Å². The molecule has 136 valence electrons. The first-order chi connectivity index (χ1) is 12.5. The molecule has 2 heterocycles. The van der Waals surface area contributed by atoms with Crippen LogP contribution in [0.1, 0.15) is 28.8 Å². The van der Waals surface area contributed by atoms with Crippen LogP contribution in [-0.4, -0.2) is 41.7 Å².